The molecule has 0 amide bonds. The summed E-state index contributed by atoms with van der Waals surface area (Å²) in [7, 11) is 0.315. The fourth-order valence-corrected chi connectivity index (χ4v) is 4.63. The van der Waals surface area contributed by atoms with E-state index in [1.807, 2.05) is 32.0 Å². The molecule has 0 aromatic heterocycles. The number of hydrogen-bond acceptors (Lipinski definition) is 4. The van der Waals surface area contributed by atoms with Crippen LogP contribution < -0.4 is 10.6 Å². The molecule has 0 saturated carbocycles. The molecule has 0 radical (unpaired) electrons. The third kappa shape index (κ3) is 3.93. The number of benzene rings is 1. The summed E-state index contributed by atoms with van der Waals surface area (Å²) in [5.41, 5.74) is 6.88. The minimum atomic E-state index is -3.49. The SMILES string of the molecule is CC(N)C1CCCCN1S(=O)(=O)c1cccc(N(C)C)c1.Cl. The fraction of sp³-hybridized carbons (Fsp3) is 0.600. The Morgan fingerprint density at radius 2 is 2.00 bits per heavy atom. The number of anilines is 1. The Hall–Kier alpha value is -0.820. The third-order valence-corrected chi connectivity index (χ3v) is 5.97. The molecule has 1 fully saturated rings. The minimum Gasteiger partial charge on any atom is -0.378 e. The van der Waals surface area contributed by atoms with Gasteiger partial charge in [-0.1, -0.05) is 12.5 Å². The van der Waals surface area contributed by atoms with Gasteiger partial charge < -0.3 is 10.6 Å². The van der Waals surface area contributed by atoms with Crippen LogP contribution in [0.3, 0.4) is 0 Å². The van der Waals surface area contributed by atoms with E-state index in [9.17, 15) is 8.42 Å². The number of piperidine rings is 1. The van der Waals surface area contributed by atoms with Gasteiger partial charge in [0.25, 0.3) is 0 Å². The van der Waals surface area contributed by atoms with Crippen molar-refractivity contribution in [3.05, 3.63) is 24.3 Å². The molecule has 22 heavy (non-hydrogen) atoms. The summed E-state index contributed by atoms with van der Waals surface area (Å²) in [6, 6.07) is 6.81. The maximum Gasteiger partial charge on any atom is 0.243 e. The first-order valence-corrected chi connectivity index (χ1v) is 8.83. The van der Waals surface area contributed by atoms with Gasteiger partial charge in [0, 0.05) is 38.4 Å². The summed E-state index contributed by atoms with van der Waals surface area (Å²) in [4.78, 5) is 2.25. The quantitative estimate of drug-likeness (QED) is 0.905. The van der Waals surface area contributed by atoms with E-state index >= 15 is 0 Å². The van der Waals surface area contributed by atoms with Crippen molar-refractivity contribution in [3.8, 4) is 0 Å². The lowest BCUT2D eigenvalue weighted by Gasteiger charge is -2.37. The molecule has 126 valence electrons. The summed E-state index contributed by atoms with van der Waals surface area (Å²) < 4.78 is 27.5. The van der Waals surface area contributed by atoms with E-state index in [0.29, 0.717) is 11.4 Å². The lowest BCUT2D eigenvalue weighted by atomic mass is 10.00. The van der Waals surface area contributed by atoms with Gasteiger partial charge in [-0.15, -0.1) is 12.4 Å². The molecular formula is C15H26ClN3O2S. The monoisotopic (exact) mass is 347 g/mol. The Bertz CT molecular complexity index is 590. The van der Waals surface area contributed by atoms with Crippen LogP contribution in [0.2, 0.25) is 0 Å². The second-order valence-electron chi connectivity index (χ2n) is 5.93. The molecule has 1 saturated heterocycles. The van der Waals surface area contributed by atoms with E-state index in [1.54, 1.807) is 22.5 Å². The van der Waals surface area contributed by atoms with E-state index in [4.69, 9.17) is 5.73 Å². The summed E-state index contributed by atoms with van der Waals surface area (Å²) in [6.07, 6.45) is 2.77. The van der Waals surface area contributed by atoms with Gasteiger partial charge in [0.1, 0.15) is 0 Å². The Morgan fingerprint density at radius 1 is 1.32 bits per heavy atom. The van der Waals surface area contributed by atoms with Crippen LogP contribution >= 0.6 is 12.4 Å². The first-order valence-electron chi connectivity index (χ1n) is 7.39. The van der Waals surface area contributed by atoms with Crippen molar-refractivity contribution in [1.29, 1.82) is 0 Å². The Morgan fingerprint density at radius 3 is 2.59 bits per heavy atom. The zero-order valence-corrected chi connectivity index (χ0v) is 15.0. The van der Waals surface area contributed by atoms with Gasteiger partial charge in [0.2, 0.25) is 10.0 Å². The molecule has 5 nitrogen and oxygen atoms in total. The number of nitrogens with two attached hydrogens (primary N) is 1. The Kier molecular flexibility index (Phi) is 6.67. The molecule has 2 N–H and O–H groups in total. The van der Waals surface area contributed by atoms with E-state index in [1.165, 1.54) is 0 Å². The average molecular weight is 348 g/mol. The van der Waals surface area contributed by atoms with Crippen LogP contribution in [0, 0.1) is 0 Å². The average Bonchev–Trinajstić information content (AvgIpc) is 2.47. The van der Waals surface area contributed by atoms with Crippen LogP contribution in [0.4, 0.5) is 5.69 Å². The minimum absolute atomic E-state index is 0. The van der Waals surface area contributed by atoms with Crippen LogP contribution in [0.15, 0.2) is 29.2 Å². The lowest BCUT2D eigenvalue weighted by Crippen LogP contribution is -2.51. The van der Waals surface area contributed by atoms with E-state index in [-0.39, 0.29) is 24.5 Å². The van der Waals surface area contributed by atoms with Gasteiger partial charge in [-0.2, -0.15) is 4.31 Å². The van der Waals surface area contributed by atoms with E-state index in [0.717, 1.165) is 24.9 Å². The summed E-state index contributed by atoms with van der Waals surface area (Å²) >= 11 is 0. The summed E-state index contributed by atoms with van der Waals surface area (Å²) in [6.45, 7) is 2.44. The highest BCUT2D eigenvalue weighted by Gasteiger charge is 2.35. The normalized spacial score (nSPS) is 21.0. The molecule has 1 aliphatic heterocycles. The third-order valence-electron chi connectivity index (χ3n) is 4.05. The van der Waals surface area contributed by atoms with Crippen LogP contribution in [0.1, 0.15) is 26.2 Å². The zero-order chi connectivity index (χ0) is 15.6. The maximum atomic E-state index is 12.9. The van der Waals surface area contributed by atoms with Crippen molar-refractivity contribution in [2.45, 2.75) is 43.2 Å². The molecule has 7 heteroatoms. The molecule has 2 unspecified atom stereocenters. The predicted octanol–water partition coefficient (Wildman–Crippen LogP) is 2.06. The van der Waals surface area contributed by atoms with Crippen LogP contribution in [-0.2, 0) is 10.0 Å². The van der Waals surface area contributed by atoms with Crippen molar-refractivity contribution in [1.82, 2.24) is 4.31 Å². The highest BCUT2D eigenvalue weighted by molar-refractivity contribution is 7.89. The first-order chi connectivity index (χ1) is 9.84. The summed E-state index contributed by atoms with van der Waals surface area (Å²) in [5.74, 6) is 0. The maximum absolute atomic E-state index is 12.9. The smallest absolute Gasteiger partial charge is 0.243 e. The van der Waals surface area contributed by atoms with Gasteiger partial charge in [-0.25, -0.2) is 8.42 Å². The van der Waals surface area contributed by atoms with Gasteiger partial charge in [-0.05, 0) is 38.0 Å². The molecule has 1 heterocycles. The highest BCUT2D eigenvalue weighted by Crippen LogP contribution is 2.28. The first kappa shape index (κ1) is 19.2. The van der Waals surface area contributed by atoms with E-state index < -0.39 is 10.0 Å². The highest BCUT2D eigenvalue weighted by atomic mass is 35.5. The van der Waals surface area contributed by atoms with Crippen molar-refractivity contribution in [2.75, 3.05) is 25.5 Å². The van der Waals surface area contributed by atoms with Crippen molar-refractivity contribution >= 4 is 28.1 Å². The molecule has 2 atom stereocenters. The number of hydrogen-bond donors (Lipinski definition) is 1. The standard InChI is InChI=1S/C15H25N3O2S.ClH/c1-12(16)15-9-4-5-10-18(15)21(19,20)14-8-6-7-13(11-14)17(2)3;/h6-8,11-12,15H,4-5,9-10,16H2,1-3H3;1H. The molecule has 1 aliphatic rings. The molecular weight excluding hydrogens is 322 g/mol. The van der Waals surface area contributed by atoms with Gasteiger partial charge >= 0.3 is 0 Å². The zero-order valence-electron chi connectivity index (χ0n) is 13.4. The van der Waals surface area contributed by atoms with E-state index in [2.05, 4.69) is 0 Å². The van der Waals surface area contributed by atoms with Crippen molar-refractivity contribution < 1.29 is 8.42 Å². The number of sulfonamides is 1. The topological polar surface area (TPSA) is 66.6 Å². The molecule has 1 aromatic carbocycles. The fourth-order valence-electron chi connectivity index (χ4n) is 2.81. The second-order valence-corrected chi connectivity index (χ2v) is 7.82. The van der Waals surface area contributed by atoms with Crippen molar-refractivity contribution in [2.24, 2.45) is 5.73 Å². The lowest BCUT2D eigenvalue weighted by molar-refractivity contribution is 0.227. The molecule has 0 aliphatic carbocycles. The molecule has 0 bridgehead atoms. The molecule has 2 rings (SSSR count). The predicted molar refractivity (Wildman–Crippen MR) is 93.2 cm³/mol. The van der Waals surface area contributed by atoms with Crippen molar-refractivity contribution in [3.63, 3.8) is 0 Å². The summed E-state index contributed by atoms with van der Waals surface area (Å²) in [5, 5.41) is 0. The number of nitrogens with zero attached hydrogens (tertiary/aromatic N) is 2. The second kappa shape index (κ2) is 7.64. The number of rotatable bonds is 4. The molecule has 0 spiro atoms. The Labute approximate surface area is 139 Å². The largest absolute Gasteiger partial charge is 0.378 e. The number of halogens is 1. The Balaban J connectivity index is 0.00000242. The van der Waals surface area contributed by atoms with Crippen LogP contribution in [-0.4, -0.2) is 45.4 Å². The molecule has 1 aromatic rings. The van der Waals surface area contributed by atoms with Gasteiger partial charge in [0.15, 0.2) is 0 Å². The van der Waals surface area contributed by atoms with Gasteiger partial charge in [-0.3, -0.25) is 0 Å². The van der Waals surface area contributed by atoms with Crippen LogP contribution in [0.5, 0.6) is 0 Å². The van der Waals surface area contributed by atoms with Gasteiger partial charge in [0.05, 0.1) is 4.90 Å². The van der Waals surface area contributed by atoms with Crippen LogP contribution in [0.25, 0.3) is 0 Å².